The summed E-state index contributed by atoms with van der Waals surface area (Å²) >= 11 is 0. The van der Waals surface area contributed by atoms with E-state index in [2.05, 4.69) is 20.6 Å². The van der Waals surface area contributed by atoms with E-state index in [1.54, 1.807) is 73.3 Å². The van der Waals surface area contributed by atoms with Crippen LogP contribution in [0.5, 0.6) is 0 Å². The highest BCUT2D eigenvalue weighted by Gasteiger charge is 2.16. The second kappa shape index (κ2) is 8.76. The van der Waals surface area contributed by atoms with Gasteiger partial charge in [0.05, 0.1) is 17.3 Å². The first-order valence-electron chi connectivity index (χ1n) is 10.2. The van der Waals surface area contributed by atoms with Gasteiger partial charge in [0.15, 0.2) is 5.76 Å². The second-order valence-corrected chi connectivity index (χ2v) is 7.27. The summed E-state index contributed by atoms with van der Waals surface area (Å²) in [6.07, 6.45) is 4.76. The molecule has 7 heteroatoms. The molecule has 2 aromatic carbocycles. The number of rotatable bonds is 5. The molecule has 0 saturated heterocycles. The van der Waals surface area contributed by atoms with Crippen molar-refractivity contribution >= 4 is 34.1 Å². The van der Waals surface area contributed by atoms with Crippen molar-refractivity contribution in [3.63, 3.8) is 0 Å². The average Bonchev–Trinajstić information content (AvgIpc) is 3.39. The maximum Gasteiger partial charge on any atom is 0.256 e. The molecule has 0 radical (unpaired) electrons. The maximum atomic E-state index is 13.2. The van der Waals surface area contributed by atoms with Gasteiger partial charge in [-0.05, 0) is 54.6 Å². The fourth-order valence-electron chi connectivity index (χ4n) is 3.49. The summed E-state index contributed by atoms with van der Waals surface area (Å²) < 4.78 is 5.47. The molecule has 3 heterocycles. The van der Waals surface area contributed by atoms with Crippen molar-refractivity contribution in [3.05, 3.63) is 109 Å². The summed E-state index contributed by atoms with van der Waals surface area (Å²) in [6, 6.07) is 22.9. The lowest BCUT2D eigenvalue weighted by atomic mass is 10.1. The zero-order chi connectivity index (χ0) is 22.6. The van der Waals surface area contributed by atoms with E-state index in [-0.39, 0.29) is 11.8 Å². The normalized spacial score (nSPS) is 10.7. The Morgan fingerprint density at radius 3 is 2.39 bits per heavy atom. The van der Waals surface area contributed by atoms with Gasteiger partial charge in [0.1, 0.15) is 5.69 Å². The van der Waals surface area contributed by atoms with Crippen molar-refractivity contribution in [3.8, 4) is 11.5 Å². The zero-order valence-electron chi connectivity index (χ0n) is 17.4. The summed E-state index contributed by atoms with van der Waals surface area (Å²) in [7, 11) is 0. The number of pyridine rings is 2. The number of carbonyl (C=O) groups excluding carboxylic acids is 2. The number of amides is 2. The van der Waals surface area contributed by atoms with Gasteiger partial charge in [0.25, 0.3) is 11.8 Å². The van der Waals surface area contributed by atoms with Crippen molar-refractivity contribution in [1.82, 2.24) is 9.97 Å². The van der Waals surface area contributed by atoms with Crippen LogP contribution < -0.4 is 10.6 Å². The van der Waals surface area contributed by atoms with Gasteiger partial charge in [-0.25, -0.2) is 4.98 Å². The van der Waals surface area contributed by atoms with E-state index in [1.807, 2.05) is 24.3 Å². The van der Waals surface area contributed by atoms with Crippen molar-refractivity contribution in [2.45, 2.75) is 0 Å². The molecule has 0 atom stereocenters. The highest BCUT2D eigenvalue weighted by Crippen LogP contribution is 2.26. The van der Waals surface area contributed by atoms with Gasteiger partial charge in [0.2, 0.25) is 0 Å². The molecule has 0 aliphatic heterocycles. The summed E-state index contributed by atoms with van der Waals surface area (Å²) in [4.78, 5) is 34.4. The van der Waals surface area contributed by atoms with Gasteiger partial charge in [-0.3, -0.25) is 14.6 Å². The Bertz CT molecular complexity index is 1450. The number of nitrogens with one attached hydrogen (secondary N) is 2. The number of fused-ring (bicyclic) bond motifs is 1. The van der Waals surface area contributed by atoms with Gasteiger partial charge in [0, 0.05) is 34.7 Å². The number of anilines is 2. The molecule has 0 unspecified atom stereocenters. The fraction of sp³-hybridized carbons (Fsp3) is 0. The van der Waals surface area contributed by atoms with Crippen LogP contribution in [0.2, 0.25) is 0 Å². The molecule has 0 aliphatic rings. The predicted molar refractivity (Wildman–Crippen MR) is 126 cm³/mol. The van der Waals surface area contributed by atoms with Crippen LogP contribution >= 0.6 is 0 Å². The van der Waals surface area contributed by atoms with E-state index in [0.717, 1.165) is 5.39 Å². The third-order valence-electron chi connectivity index (χ3n) is 5.06. The van der Waals surface area contributed by atoms with Crippen LogP contribution in [-0.2, 0) is 0 Å². The molecule has 0 saturated carbocycles. The minimum atomic E-state index is -0.312. The summed E-state index contributed by atoms with van der Waals surface area (Å²) in [5.74, 6) is -0.0237. The van der Waals surface area contributed by atoms with Crippen LogP contribution in [0.3, 0.4) is 0 Å². The molecule has 0 bridgehead atoms. The zero-order valence-corrected chi connectivity index (χ0v) is 17.4. The number of aromatic nitrogens is 2. The smallest absolute Gasteiger partial charge is 0.256 e. The van der Waals surface area contributed by atoms with E-state index in [1.165, 1.54) is 0 Å². The molecule has 7 nitrogen and oxygen atoms in total. The third-order valence-corrected chi connectivity index (χ3v) is 5.06. The molecule has 2 amide bonds. The molecule has 3 aromatic heterocycles. The van der Waals surface area contributed by atoms with Crippen molar-refractivity contribution in [2.75, 3.05) is 10.6 Å². The second-order valence-electron chi connectivity index (χ2n) is 7.27. The Hall–Kier alpha value is -4.78. The first kappa shape index (κ1) is 20.1. The van der Waals surface area contributed by atoms with Gasteiger partial charge in [-0.15, -0.1) is 0 Å². The maximum absolute atomic E-state index is 13.2. The summed E-state index contributed by atoms with van der Waals surface area (Å²) in [6.45, 7) is 0. The van der Waals surface area contributed by atoms with E-state index in [0.29, 0.717) is 39.5 Å². The minimum absolute atomic E-state index is 0.285. The minimum Gasteiger partial charge on any atom is -0.463 e. The molecule has 0 fully saturated rings. The Balaban J connectivity index is 1.43. The first-order chi connectivity index (χ1) is 16.2. The lowest BCUT2D eigenvalue weighted by Crippen LogP contribution is -2.15. The standard InChI is InChI=1S/C26H18N4O3/c31-25(28-18-10-12-27-13-11-18)17-5-3-6-19(15-17)29-26(32)21-16-23(24-9-4-14-33-24)30-22-8-2-1-7-20(21)22/h1-16H,(H,29,32)(H,27,28,31). The van der Waals surface area contributed by atoms with E-state index in [9.17, 15) is 9.59 Å². The van der Waals surface area contributed by atoms with Gasteiger partial charge in [-0.1, -0.05) is 24.3 Å². The summed E-state index contributed by atoms with van der Waals surface area (Å²) in [5, 5.41) is 6.42. The number of nitrogens with zero attached hydrogens (tertiary/aromatic N) is 2. The largest absolute Gasteiger partial charge is 0.463 e. The molecular formula is C26H18N4O3. The van der Waals surface area contributed by atoms with Crippen LogP contribution in [0, 0.1) is 0 Å². The Labute approximate surface area is 189 Å². The molecule has 0 aliphatic carbocycles. The molecular weight excluding hydrogens is 416 g/mol. The van der Waals surface area contributed by atoms with Crippen LogP contribution in [0.4, 0.5) is 11.4 Å². The molecule has 160 valence electrons. The molecule has 0 spiro atoms. The van der Waals surface area contributed by atoms with Crippen molar-refractivity contribution in [1.29, 1.82) is 0 Å². The van der Waals surface area contributed by atoms with Crippen molar-refractivity contribution in [2.24, 2.45) is 0 Å². The number of para-hydroxylation sites is 1. The highest BCUT2D eigenvalue weighted by molar-refractivity contribution is 6.13. The number of carbonyl (C=O) groups is 2. The van der Waals surface area contributed by atoms with Crippen LogP contribution in [-0.4, -0.2) is 21.8 Å². The van der Waals surface area contributed by atoms with Crippen LogP contribution in [0.1, 0.15) is 20.7 Å². The molecule has 2 N–H and O–H groups in total. The van der Waals surface area contributed by atoms with Gasteiger partial charge in [-0.2, -0.15) is 0 Å². The van der Waals surface area contributed by atoms with Crippen LogP contribution in [0.15, 0.2) is 102 Å². The number of hydrogen-bond donors (Lipinski definition) is 2. The quantitative estimate of drug-likeness (QED) is 0.386. The average molecular weight is 434 g/mol. The Kier molecular flexibility index (Phi) is 5.35. The first-order valence-corrected chi connectivity index (χ1v) is 10.2. The monoisotopic (exact) mass is 434 g/mol. The topological polar surface area (TPSA) is 97.1 Å². The third kappa shape index (κ3) is 4.33. The van der Waals surface area contributed by atoms with E-state index >= 15 is 0 Å². The number of benzene rings is 2. The summed E-state index contributed by atoms with van der Waals surface area (Å²) in [5.41, 5.74) is 3.26. The van der Waals surface area contributed by atoms with Crippen molar-refractivity contribution < 1.29 is 14.0 Å². The fourth-order valence-corrected chi connectivity index (χ4v) is 3.49. The SMILES string of the molecule is O=C(Nc1ccncc1)c1cccc(NC(=O)c2cc(-c3ccco3)nc3ccccc23)c1. The Morgan fingerprint density at radius 1 is 0.758 bits per heavy atom. The van der Waals surface area contributed by atoms with Gasteiger partial charge < -0.3 is 15.1 Å². The van der Waals surface area contributed by atoms with E-state index < -0.39 is 0 Å². The highest BCUT2D eigenvalue weighted by atomic mass is 16.3. The lowest BCUT2D eigenvalue weighted by Gasteiger charge is -2.11. The number of hydrogen-bond acceptors (Lipinski definition) is 5. The number of furan rings is 1. The lowest BCUT2D eigenvalue weighted by molar-refractivity contribution is 0.101. The van der Waals surface area contributed by atoms with Crippen LogP contribution in [0.25, 0.3) is 22.4 Å². The van der Waals surface area contributed by atoms with Gasteiger partial charge >= 0.3 is 0 Å². The Morgan fingerprint density at radius 2 is 1.58 bits per heavy atom. The molecule has 33 heavy (non-hydrogen) atoms. The predicted octanol–water partition coefficient (Wildman–Crippen LogP) is 5.39. The van der Waals surface area contributed by atoms with E-state index in [4.69, 9.17) is 4.42 Å². The molecule has 5 rings (SSSR count). The molecule has 5 aromatic rings.